The summed E-state index contributed by atoms with van der Waals surface area (Å²) in [4.78, 5) is 21.5. The summed E-state index contributed by atoms with van der Waals surface area (Å²) < 4.78 is 26.6. The molecule has 24 heavy (non-hydrogen) atoms. The first-order valence-electron chi connectivity index (χ1n) is 7.59. The maximum Gasteiger partial charge on any atom is 0.319 e. The van der Waals surface area contributed by atoms with E-state index in [4.69, 9.17) is 0 Å². The van der Waals surface area contributed by atoms with Crippen molar-refractivity contribution in [2.45, 2.75) is 26.1 Å². The van der Waals surface area contributed by atoms with Crippen LogP contribution < -0.4 is 0 Å². The van der Waals surface area contributed by atoms with Crippen molar-refractivity contribution in [3.05, 3.63) is 54.2 Å². The second-order valence-corrected chi connectivity index (χ2v) is 5.73. The fourth-order valence-corrected chi connectivity index (χ4v) is 2.70. The minimum atomic E-state index is -2.64. The number of imidazole rings is 1. The predicted octanol–water partition coefficient (Wildman–Crippen LogP) is 3.46. The number of rotatable bonds is 6. The van der Waals surface area contributed by atoms with Gasteiger partial charge in [0.1, 0.15) is 5.82 Å². The summed E-state index contributed by atoms with van der Waals surface area (Å²) in [6.45, 7) is -0.720. The lowest BCUT2D eigenvalue weighted by Gasteiger charge is -2.23. The van der Waals surface area contributed by atoms with Gasteiger partial charge in [-0.05, 0) is 20.0 Å². The van der Waals surface area contributed by atoms with Crippen LogP contribution in [-0.2, 0) is 6.54 Å². The highest BCUT2D eigenvalue weighted by molar-refractivity contribution is 6.10. The summed E-state index contributed by atoms with van der Waals surface area (Å²) in [5, 5.41) is 0.858. The molecule has 126 valence electrons. The first kappa shape index (κ1) is 16.3. The Bertz CT molecular complexity index is 855. The quantitative estimate of drug-likeness (QED) is 0.703. The number of nitrogens with zero attached hydrogens (tertiary/aromatic N) is 3. The Morgan fingerprint density at radius 3 is 2.88 bits per heavy atom. The van der Waals surface area contributed by atoms with Crippen LogP contribution in [0.3, 0.4) is 0 Å². The average molecular weight is 332 g/mol. The van der Waals surface area contributed by atoms with Crippen LogP contribution in [0.2, 0.25) is 0 Å². The zero-order chi connectivity index (χ0) is 17.3. The van der Waals surface area contributed by atoms with Gasteiger partial charge in [-0.25, -0.2) is 4.98 Å². The van der Waals surface area contributed by atoms with E-state index in [2.05, 4.69) is 9.97 Å². The number of hydrogen-bond donors (Lipinski definition) is 1. The van der Waals surface area contributed by atoms with Crippen LogP contribution in [0, 0.1) is 0 Å². The molecule has 0 aliphatic rings. The van der Waals surface area contributed by atoms with E-state index in [1.807, 2.05) is 24.3 Å². The van der Waals surface area contributed by atoms with Crippen LogP contribution in [0.5, 0.6) is 0 Å². The Balaban J connectivity index is 1.79. The van der Waals surface area contributed by atoms with E-state index >= 15 is 0 Å². The molecule has 0 aliphatic carbocycles. The molecule has 0 radical (unpaired) electrons. The Morgan fingerprint density at radius 1 is 1.38 bits per heavy atom. The van der Waals surface area contributed by atoms with E-state index in [1.165, 1.54) is 12.4 Å². The molecular formula is C17H18F2N4O. The highest BCUT2D eigenvalue weighted by Gasteiger charge is 2.24. The number of H-pyrrole nitrogens is 1. The number of fused-ring (bicyclic) bond motifs is 1. The van der Waals surface area contributed by atoms with E-state index < -0.39 is 12.6 Å². The minimum Gasteiger partial charge on any atom is -0.360 e. The van der Waals surface area contributed by atoms with Crippen LogP contribution >= 0.6 is 0 Å². The zero-order valence-corrected chi connectivity index (χ0v) is 13.4. The molecule has 1 aromatic carbocycles. The summed E-state index contributed by atoms with van der Waals surface area (Å²) in [6, 6.07) is 7.09. The molecule has 0 fully saturated rings. The van der Waals surface area contributed by atoms with Gasteiger partial charge in [0.05, 0.1) is 12.6 Å². The highest BCUT2D eigenvalue weighted by atomic mass is 19.3. The maximum atomic E-state index is 12.9. The van der Waals surface area contributed by atoms with Gasteiger partial charge in [-0.2, -0.15) is 8.78 Å². The van der Waals surface area contributed by atoms with Gasteiger partial charge in [0.2, 0.25) is 0 Å². The van der Waals surface area contributed by atoms with Crippen molar-refractivity contribution < 1.29 is 13.6 Å². The molecule has 0 aliphatic heterocycles. The molecule has 3 rings (SSSR count). The number of ketones is 1. The number of aromatic nitrogens is 3. The molecule has 0 saturated heterocycles. The summed E-state index contributed by atoms with van der Waals surface area (Å²) >= 11 is 0. The smallest absolute Gasteiger partial charge is 0.319 e. The number of Topliss-reactive ketones (excluding diaryl/α,β-unsaturated/α-hetero) is 1. The molecule has 1 N–H and O–H groups in total. The van der Waals surface area contributed by atoms with Crippen molar-refractivity contribution in [1.29, 1.82) is 0 Å². The second-order valence-electron chi connectivity index (χ2n) is 5.73. The fourth-order valence-electron chi connectivity index (χ4n) is 2.70. The zero-order valence-electron chi connectivity index (χ0n) is 13.4. The van der Waals surface area contributed by atoms with Crippen molar-refractivity contribution in [2.75, 3.05) is 7.05 Å². The molecule has 0 unspecified atom stereocenters. The van der Waals surface area contributed by atoms with Gasteiger partial charge in [-0.15, -0.1) is 0 Å². The summed E-state index contributed by atoms with van der Waals surface area (Å²) in [5.41, 5.74) is 1.49. The normalized spacial score (nSPS) is 13.1. The molecule has 7 heteroatoms. The van der Waals surface area contributed by atoms with E-state index in [0.29, 0.717) is 5.56 Å². The molecular weight excluding hydrogens is 314 g/mol. The standard InChI is InChI=1S/C17H18F2N4O/c1-11(22(2)10-15-20-7-8-23(15)17(18)19)16(24)13-9-21-14-6-4-3-5-12(13)14/h3-9,11,17,21H,10H2,1-2H3/t11-/m0/s1. The molecule has 0 saturated carbocycles. The molecule has 0 amide bonds. The molecule has 0 spiro atoms. The molecule has 5 nitrogen and oxygen atoms in total. The van der Waals surface area contributed by atoms with Gasteiger partial charge in [0.15, 0.2) is 5.78 Å². The second kappa shape index (κ2) is 6.52. The number of para-hydroxylation sites is 1. The molecule has 2 aromatic heterocycles. The Labute approximate surface area is 137 Å². The van der Waals surface area contributed by atoms with Crippen LogP contribution in [0.1, 0.15) is 29.7 Å². The highest BCUT2D eigenvalue weighted by Crippen LogP contribution is 2.21. The maximum absolute atomic E-state index is 12.9. The molecule has 1 atom stereocenters. The Hall–Kier alpha value is -2.54. The van der Waals surface area contributed by atoms with Crippen LogP contribution in [0.4, 0.5) is 8.78 Å². The van der Waals surface area contributed by atoms with Crippen molar-refractivity contribution >= 4 is 16.7 Å². The lowest BCUT2D eigenvalue weighted by molar-refractivity contribution is 0.0628. The number of likely N-dealkylation sites (N-methyl/N-ethyl adjacent to an activating group) is 1. The number of carbonyl (C=O) groups excluding carboxylic acids is 1. The van der Waals surface area contributed by atoms with Gasteiger partial charge in [-0.1, -0.05) is 18.2 Å². The third-order valence-electron chi connectivity index (χ3n) is 4.25. The first-order valence-corrected chi connectivity index (χ1v) is 7.59. The van der Waals surface area contributed by atoms with Crippen LogP contribution in [-0.4, -0.2) is 38.3 Å². The molecule has 3 aromatic rings. The predicted molar refractivity (Wildman–Crippen MR) is 87.0 cm³/mol. The largest absolute Gasteiger partial charge is 0.360 e. The summed E-state index contributed by atoms with van der Waals surface area (Å²) in [5.74, 6) is 0.163. The van der Waals surface area contributed by atoms with Crippen molar-refractivity contribution in [1.82, 2.24) is 19.4 Å². The van der Waals surface area contributed by atoms with E-state index in [1.54, 1.807) is 25.1 Å². The third kappa shape index (κ3) is 2.94. The monoisotopic (exact) mass is 332 g/mol. The third-order valence-corrected chi connectivity index (χ3v) is 4.25. The first-order chi connectivity index (χ1) is 11.5. The number of nitrogens with one attached hydrogen (secondary N) is 1. The SMILES string of the molecule is C[C@@H](C(=O)c1c[nH]c2ccccc12)N(C)Cc1nccn1C(F)F. The lowest BCUT2D eigenvalue weighted by Crippen LogP contribution is -2.36. The Morgan fingerprint density at radius 2 is 2.12 bits per heavy atom. The summed E-state index contributed by atoms with van der Waals surface area (Å²) in [6.07, 6.45) is 4.26. The van der Waals surface area contributed by atoms with E-state index in [9.17, 15) is 13.6 Å². The average Bonchev–Trinajstić information content (AvgIpc) is 3.20. The van der Waals surface area contributed by atoms with Crippen molar-refractivity contribution in [3.8, 4) is 0 Å². The van der Waals surface area contributed by atoms with Gasteiger partial charge < -0.3 is 4.98 Å². The van der Waals surface area contributed by atoms with E-state index in [-0.39, 0.29) is 18.2 Å². The number of hydrogen-bond acceptors (Lipinski definition) is 3. The number of alkyl halides is 2. The molecule has 2 heterocycles. The van der Waals surface area contributed by atoms with Crippen molar-refractivity contribution in [3.63, 3.8) is 0 Å². The van der Waals surface area contributed by atoms with Crippen LogP contribution in [0.25, 0.3) is 10.9 Å². The van der Waals surface area contributed by atoms with Crippen LogP contribution in [0.15, 0.2) is 42.9 Å². The van der Waals surface area contributed by atoms with Gasteiger partial charge in [0, 0.05) is 35.1 Å². The minimum absolute atomic E-state index is 0.0647. The Kier molecular flexibility index (Phi) is 4.44. The number of halogens is 2. The number of carbonyl (C=O) groups is 1. The summed E-state index contributed by atoms with van der Waals surface area (Å²) in [7, 11) is 1.72. The van der Waals surface area contributed by atoms with Gasteiger partial charge in [-0.3, -0.25) is 14.3 Å². The fraction of sp³-hybridized carbons (Fsp3) is 0.294. The molecule has 0 bridgehead atoms. The van der Waals surface area contributed by atoms with E-state index in [0.717, 1.165) is 15.5 Å². The topological polar surface area (TPSA) is 53.9 Å². The van der Waals surface area contributed by atoms with Gasteiger partial charge in [0.25, 0.3) is 0 Å². The number of benzene rings is 1. The van der Waals surface area contributed by atoms with Crippen molar-refractivity contribution in [2.24, 2.45) is 0 Å². The van der Waals surface area contributed by atoms with Gasteiger partial charge >= 0.3 is 6.55 Å². The number of aromatic amines is 1. The lowest BCUT2D eigenvalue weighted by atomic mass is 10.0.